The van der Waals surface area contributed by atoms with Crippen LogP contribution in [0.15, 0.2) is 42.5 Å². The maximum Gasteiger partial charge on any atom is 0.293 e. The van der Waals surface area contributed by atoms with Gasteiger partial charge in [0, 0.05) is 22.6 Å². The second-order valence-electron chi connectivity index (χ2n) is 4.34. The van der Waals surface area contributed by atoms with Crippen molar-refractivity contribution in [3.05, 3.63) is 68.7 Å². The highest BCUT2D eigenvalue weighted by atomic mass is 35.5. The summed E-state index contributed by atoms with van der Waals surface area (Å²) in [5, 5.41) is 11.6. The number of anilines is 1. The molecule has 0 saturated heterocycles. The lowest BCUT2D eigenvalue weighted by Gasteiger charge is -2.07. The van der Waals surface area contributed by atoms with E-state index >= 15 is 0 Å². The molecule has 2 aromatic rings. The van der Waals surface area contributed by atoms with Gasteiger partial charge in [0.25, 0.3) is 5.69 Å². The van der Waals surface area contributed by atoms with Crippen molar-refractivity contribution in [1.82, 2.24) is 0 Å². The summed E-state index contributed by atoms with van der Waals surface area (Å²) in [6.45, 7) is 0. The van der Waals surface area contributed by atoms with E-state index < -0.39 is 4.92 Å². The standard InChI is InChI=1S/C14H14ClN3O2S/c15-12-4-2-1-3-11(12)9-21-8-10-5-6-14(18(19)20)13(7-10)17-16/h1-7,17H,8-9,16H2. The minimum absolute atomic E-state index is 0.0302. The van der Waals surface area contributed by atoms with E-state index in [2.05, 4.69) is 5.43 Å². The average Bonchev–Trinajstić information content (AvgIpc) is 2.48. The number of nitrogens with one attached hydrogen (secondary N) is 1. The Balaban J connectivity index is 2.01. The SMILES string of the molecule is NNc1cc(CSCc2ccccc2Cl)ccc1[N+](=O)[O-]. The molecule has 21 heavy (non-hydrogen) atoms. The van der Waals surface area contributed by atoms with Crippen LogP contribution in [0.5, 0.6) is 0 Å². The second-order valence-corrected chi connectivity index (χ2v) is 5.73. The van der Waals surface area contributed by atoms with Gasteiger partial charge in [-0.15, -0.1) is 0 Å². The van der Waals surface area contributed by atoms with Crippen molar-refractivity contribution in [2.45, 2.75) is 11.5 Å². The number of rotatable bonds is 6. The molecule has 0 amide bonds. The summed E-state index contributed by atoms with van der Waals surface area (Å²) < 4.78 is 0. The largest absolute Gasteiger partial charge is 0.318 e. The summed E-state index contributed by atoms with van der Waals surface area (Å²) in [6.07, 6.45) is 0. The molecule has 2 rings (SSSR count). The minimum atomic E-state index is -0.462. The first-order valence-corrected chi connectivity index (χ1v) is 7.70. The van der Waals surface area contributed by atoms with E-state index in [1.54, 1.807) is 23.9 Å². The number of hydrazine groups is 1. The van der Waals surface area contributed by atoms with Crippen LogP contribution in [0, 0.1) is 10.1 Å². The zero-order valence-electron chi connectivity index (χ0n) is 11.1. The van der Waals surface area contributed by atoms with Crippen LogP contribution in [0.2, 0.25) is 5.02 Å². The third-order valence-corrected chi connectivity index (χ3v) is 4.32. The summed E-state index contributed by atoms with van der Waals surface area (Å²) in [6, 6.07) is 12.6. The minimum Gasteiger partial charge on any atom is -0.318 e. The van der Waals surface area contributed by atoms with Gasteiger partial charge in [-0.25, -0.2) is 0 Å². The van der Waals surface area contributed by atoms with Crippen molar-refractivity contribution in [2.75, 3.05) is 5.43 Å². The van der Waals surface area contributed by atoms with Crippen LogP contribution in [0.3, 0.4) is 0 Å². The van der Waals surface area contributed by atoms with Gasteiger partial charge < -0.3 is 5.43 Å². The highest BCUT2D eigenvalue weighted by Crippen LogP contribution is 2.28. The fourth-order valence-electron chi connectivity index (χ4n) is 1.84. The number of nitrogens with two attached hydrogens (primary N) is 1. The Morgan fingerprint density at radius 1 is 1.24 bits per heavy atom. The molecule has 0 aliphatic carbocycles. The van der Waals surface area contributed by atoms with Gasteiger partial charge in [-0.3, -0.25) is 16.0 Å². The first-order valence-electron chi connectivity index (χ1n) is 6.17. The quantitative estimate of drug-likeness (QED) is 0.477. The molecule has 0 spiro atoms. The van der Waals surface area contributed by atoms with E-state index in [1.165, 1.54) is 6.07 Å². The molecule has 7 heteroatoms. The lowest BCUT2D eigenvalue weighted by molar-refractivity contribution is -0.384. The Hall–Kier alpha value is -1.76. The number of hydrogen-bond acceptors (Lipinski definition) is 5. The van der Waals surface area contributed by atoms with Crippen LogP contribution >= 0.6 is 23.4 Å². The molecule has 0 heterocycles. The van der Waals surface area contributed by atoms with Crippen LogP contribution in [0.1, 0.15) is 11.1 Å². The van der Waals surface area contributed by atoms with Gasteiger partial charge >= 0.3 is 0 Å². The van der Waals surface area contributed by atoms with Crippen molar-refractivity contribution in [3.63, 3.8) is 0 Å². The van der Waals surface area contributed by atoms with Crippen LogP contribution in [-0.4, -0.2) is 4.92 Å². The first-order chi connectivity index (χ1) is 10.1. The van der Waals surface area contributed by atoms with Gasteiger partial charge in [0.2, 0.25) is 0 Å². The fraction of sp³-hybridized carbons (Fsp3) is 0.143. The van der Waals surface area contributed by atoms with Gasteiger partial charge in [-0.05, 0) is 23.3 Å². The highest BCUT2D eigenvalue weighted by Gasteiger charge is 2.13. The van der Waals surface area contributed by atoms with Gasteiger partial charge in [0.05, 0.1) is 4.92 Å². The molecular formula is C14H14ClN3O2S. The lowest BCUT2D eigenvalue weighted by atomic mass is 10.2. The van der Waals surface area contributed by atoms with E-state index in [0.29, 0.717) is 5.69 Å². The second kappa shape index (κ2) is 7.31. The van der Waals surface area contributed by atoms with Crippen LogP contribution in [-0.2, 0) is 11.5 Å². The molecule has 0 aliphatic rings. The number of nitro groups is 1. The lowest BCUT2D eigenvalue weighted by Crippen LogP contribution is -2.09. The Morgan fingerprint density at radius 2 is 2.00 bits per heavy atom. The smallest absolute Gasteiger partial charge is 0.293 e. The molecule has 0 aliphatic heterocycles. The summed E-state index contributed by atoms with van der Waals surface area (Å²) in [5.74, 6) is 6.82. The van der Waals surface area contributed by atoms with E-state index in [9.17, 15) is 10.1 Å². The molecule has 5 nitrogen and oxygen atoms in total. The number of nitro benzene ring substituents is 1. The van der Waals surface area contributed by atoms with Crippen molar-refractivity contribution < 1.29 is 4.92 Å². The molecule has 0 bridgehead atoms. The molecule has 2 aromatic carbocycles. The normalized spacial score (nSPS) is 10.4. The zero-order valence-corrected chi connectivity index (χ0v) is 12.7. The summed E-state index contributed by atoms with van der Waals surface area (Å²) in [7, 11) is 0. The molecule has 0 atom stereocenters. The van der Waals surface area contributed by atoms with Gasteiger partial charge in [0.15, 0.2) is 0 Å². The maximum atomic E-state index is 10.8. The van der Waals surface area contributed by atoms with Crippen molar-refractivity contribution in [2.24, 2.45) is 5.84 Å². The Kier molecular flexibility index (Phi) is 5.44. The molecule has 110 valence electrons. The van der Waals surface area contributed by atoms with Gasteiger partial charge in [-0.2, -0.15) is 11.8 Å². The van der Waals surface area contributed by atoms with Crippen molar-refractivity contribution >= 4 is 34.7 Å². The zero-order chi connectivity index (χ0) is 15.2. The average molecular weight is 324 g/mol. The molecule has 0 saturated carbocycles. The third kappa shape index (κ3) is 4.10. The number of benzene rings is 2. The molecule has 0 unspecified atom stereocenters. The molecule has 0 fully saturated rings. The fourth-order valence-corrected chi connectivity index (χ4v) is 3.11. The number of hydrogen-bond donors (Lipinski definition) is 2. The third-order valence-electron chi connectivity index (χ3n) is 2.90. The van der Waals surface area contributed by atoms with Crippen molar-refractivity contribution in [1.29, 1.82) is 0 Å². The topological polar surface area (TPSA) is 81.2 Å². The predicted molar refractivity (Wildman–Crippen MR) is 87.4 cm³/mol. The highest BCUT2D eigenvalue weighted by molar-refractivity contribution is 7.97. The van der Waals surface area contributed by atoms with E-state index in [4.69, 9.17) is 17.4 Å². The number of nitrogens with zero attached hydrogens (tertiary/aromatic N) is 1. The molecular weight excluding hydrogens is 310 g/mol. The van der Waals surface area contributed by atoms with E-state index in [-0.39, 0.29) is 5.69 Å². The monoisotopic (exact) mass is 323 g/mol. The van der Waals surface area contributed by atoms with Gasteiger partial charge in [0.1, 0.15) is 5.69 Å². The molecule has 0 aromatic heterocycles. The Bertz CT molecular complexity index is 652. The maximum absolute atomic E-state index is 10.8. The summed E-state index contributed by atoms with van der Waals surface area (Å²) >= 11 is 7.78. The van der Waals surface area contributed by atoms with E-state index in [1.807, 2.05) is 24.3 Å². The molecule has 3 N–H and O–H groups in total. The number of thioether (sulfide) groups is 1. The predicted octanol–water partition coefficient (Wildman–Crippen LogP) is 3.97. The number of nitrogen functional groups attached to an aromatic ring is 1. The van der Waals surface area contributed by atoms with Gasteiger partial charge in [-0.1, -0.05) is 35.9 Å². The van der Waals surface area contributed by atoms with Crippen molar-refractivity contribution in [3.8, 4) is 0 Å². The van der Waals surface area contributed by atoms with Crippen LogP contribution in [0.25, 0.3) is 0 Å². The molecule has 0 radical (unpaired) electrons. The summed E-state index contributed by atoms with van der Waals surface area (Å²) in [4.78, 5) is 10.4. The Labute approximate surface area is 131 Å². The summed E-state index contributed by atoms with van der Waals surface area (Å²) in [5.41, 5.74) is 4.68. The van der Waals surface area contributed by atoms with Crippen LogP contribution in [0.4, 0.5) is 11.4 Å². The van der Waals surface area contributed by atoms with Crippen LogP contribution < -0.4 is 11.3 Å². The number of halogens is 1. The first kappa shape index (κ1) is 15.6. The van der Waals surface area contributed by atoms with E-state index in [0.717, 1.165) is 27.7 Å². The Morgan fingerprint density at radius 3 is 2.67 bits per heavy atom.